The second-order valence-corrected chi connectivity index (χ2v) is 11.3. The van der Waals surface area contributed by atoms with E-state index < -0.39 is 0 Å². The number of allylic oxidation sites excluding steroid dienone is 1. The summed E-state index contributed by atoms with van der Waals surface area (Å²) in [5.74, 6) is 0.637. The first-order valence-electron chi connectivity index (χ1n) is 13.0. The number of benzene rings is 3. The summed E-state index contributed by atoms with van der Waals surface area (Å²) >= 11 is 12.7. The number of carbonyl (C=O) groups excluding carboxylic acids is 1. The van der Waals surface area contributed by atoms with Crippen LogP contribution in [0.1, 0.15) is 72.1 Å². The van der Waals surface area contributed by atoms with Crippen LogP contribution >= 0.6 is 23.2 Å². The Hall–Kier alpha value is -3.67. The van der Waals surface area contributed by atoms with Gasteiger partial charge in [0.1, 0.15) is 11.9 Å². The van der Waals surface area contributed by atoms with Crippen molar-refractivity contribution < 1.29 is 4.79 Å². The van der Waals surface area contributed by atoms with Gasteiger partial charge >= 0.3 is 0 Å². The van der Waals surface area contributed by atoms with E-state index in [0.29, 0.717) is 15.7 Å². The van der Waals surface area contributed by atoms with E-state index in [-0.39, 0.29) is 18.0 Å². The summed E-state index contributed by atoms with van der Waals surface area (Å²) in [5, 5.41) is 1.22. The van der Waals surface area contributed by atoms with Crippen LogP contribution in [0.4, 0.5) is 5.69 Å². The van der Waals surface area contributed by atoms with Crippen LogP contribution < -0.4 is 4.90 Å². The maximum absolute atomic E-state index is 14.2. The van der Waals surface area contributed by atoms with Crippen molar-refractivity contribution in [3.63, 3.8) is 0 Å². The number of hydrogen-bond donors (Lipinski definition) is 0. The molecule has 1 aromatic heterocycles. The topological polar surface area (TPSA) is 50.5 Å². The summed E-state index contributed by atoms with van der Waals surface area (Å²) in [6.45, 7) is 8.29. The number of nitrogens with zero attached hydrogens (tertiary/aromatic N) is 4. The number of imidazole rings is 1. The van der Waals surface area contributed by atoms with Gasteiger partial charge in [-0.3, -0.25) is 14.7 Å². The lowest BCUT2D eigenvalue weighted by molar-refractivity contribution is 0.0989. The Kier molecular flexibility index (Phi) is 6.44. The summed E-state index contributed by atoms with van der Waals surface area (Å²) in [6, 6.07) is 21.4. The van der Waals surface area contributed by atoms with Crippen LogP contribution in [0.25, 0.3) is 17.0 Å². The lowest BCUT2D eigenvalue weighted by atomic mass is 10.0. The minimum absolute atomic E-state index is 0.0548. The number of aliphatic imine (C=N–C) groups is 1. The summed E-state index contributed by atoms with van der Waals surface area (Å²) in [4.78, 5) is 25.5. The fraction of sp³-hybridized carbons (Fsp3) is 0.219. The summed E-state index contributed by atoms with van der Waals surface area (Å²) < 4.78 is 2.20. The highest BCUT2D eigenvalue weighted by Gasteiger charge is 2.45. The first-order valence-corrected chi connectivity index (χ1v) is 13.8. The van der Waals surface area contributed by atoms with Crippen LogP contribution in [0.2, 0.25) is 10.0 Å². The molecule has 3 aromatic carbocycles. The predicted molar refractivity (Wildman–Crippen MR) is 160 cm³/mol. The van der Waals surface area contributed by atoms with E-state index in [1.54, 1.807) is 0 Å². The standard InChI is InChI=1S/C32H28Cl2N4O/c1-18(2)37-30-28(36-31(37)23-7-5-6-22(15-23)24-14-20(4)35-17-24)32(39)38(27-16-26(34)11-8-19(27)3)29(30)21-9-12-25(33)13-10-21/h5-13,15-18,29H,14H2,1-4H3. The van der Waals surface area contributed by atoms with Gasteiger partial charge in [-0.1, -0.05) is 59.6 Å². The Labute approximate surface area is 238 Å². The third kappa shape index (κ3) is 4.40. The van der Waals surface area contributed by atoms with Crippen molar-refractivity contribution >= 4 is 46.1 Å². The van der Waals surface area contributed by atoms with E-state index in [1.165, 1.54) is 5.57 Å². The maximum atomic E-state index is 14.2. The molecular formula is C32H28Cl2N4O. The van der Waals surface area contributed by atoms with Crippen LogP contribution in [0.15, 0.2) is 77.9 Å². The van der Waals surface area contributed by atoms with Crippen LogP contribution in [0, 0.1) is 6.92 Å². The molecular weight excluding hydrogens is 527 g/mol. The zero-order valence-corrected chi connectivity index (χ0v) is 23.8. The molecule has 0 bridgehead atoms. The van der Waals surface area contributed by atoms with Gasteiger partial charge in [-0.2, -0.15) is 0 Å². The number of hydrogen-bond acceptors (Lipinski definition) is 3. The molecule has 4 aromatic rings. The van der Waals surface area contributed by atoms with Crippen molar-refractivity contribution in [1.29, 1.82) is 0 Å². The zero-order valence-electron chi connectivity index (χ0n) is 22.2. The number of aryl methyl sites for hydroxylation is 1. The molecule has 3 heterocycles. The number of aromatic nitrogens is 2. The van der Waals surface area contributed by atoms with E-state index in [2.05, 4.69) is 41.6 Å². The Morgan fingerprint density at radius 1 is 0.923 bits per heavy atom. The van der Waals surface area contributed by atoms with Gasteiger partial charge < -0.3 is 4.57 Å². The van der Waals surface area contributed by atoms with E-state index in [1.807, 2.05) is 73.5 Å². The third-order valence-electron chi connectivity index (χ3n) is 7.40. The molecule has 0 fully saturated rings. The Morgan fingerprint density at radius 3 is 2.33 bits per heavy atom. The average Bonchev–Trinajstić information content (AvgIpc) is 3.60. The fourth-order valence-electron chi connectivity index (χ4n) is 5.58. The highest BCUT2D eigenvalue weighted by atomic mass is 35.5. The second kappa shape index (κ2) is 9.82. The van der Waals surface area contributed by atoms with Gasteiger partial charge in [0, 0.05) is 45.7 Å². The number of anilines is 1. The van der Waals surface area contributed by atoms with Crippen molar-refractivity contribution in [3.05, 3.63) is 111 Å². The van der Waals surface area contributed by atoms with Crippen molar-refractivity contribution in [2.24, 2.45) is 4.99 Å². The molecule has 7 heteroatoms. The lowest BCUT2D eigenvalue weighted by Gasteiger charge is -2.29. The lowest BCUT2D eigenvalue weighted by Crippen LogP contribution is -2.31. The van der Waals surface area contributed by atoms with Crippen LogP contribution in [-0.2, 0) is 0 Å². The normalized spacial score (nSPS) is 16.6. The molecule has 0 saturated carbocycles. The number of fused-ring (bicyclic) bond motifs is 1. The summed E-state index contributed by atoms with van der Waals surface area (Å²) in [7, 11) is 0. The Balaban J connectivity index is 1.55. The number of halogens is 2. The molecule has 2 aliphatic rings. The molecule has 0 radical (unpaired) electrons. The maximum Gasteiger partial charge on any atom is 0.279 e. The quantitative estimate of drug-likeness (QED) is 0.247. The first-order chi connectivity index (χ1) is 18.7. The van der Waals surface area contributed by atoms with Gasteiger partial charge in [-0.05, 0) is 80.3 Å². The molecule has 0 aliphatic carbocycles. The summed E-state index contributed by atoms with van der Waals surface area (Å²) in [6.07, 6.45) is 2.78. The molecule has 39 heavy (non-hydrogen) atoms. The average molecular weight is 556 g/mol. The monoisotopic (exact) mass is 554 g/mol. The Morgan fingerprint density at radius 2 is 1.64 bits per heavy atom. The molecule has 0 spiro atoms. The van der Waals surface area contributed by atoms with Crippen molar-refractivity contribution in [1.82, 2.24) is 9.55 Å². The van der Waals surface area contributed by atoms with E-state index in [4.69, 9.17) is 28.2 Å². The number of amides is 1. The van der Waals surface area contributed by atoms with Gasteiger partial charge in [0.25, 0.3) is 5.91 Å². The molecule has 1 unspecified atom stereocenters. The molecule has 5 nitrogen and oxygen atoms in total. The van der Waals surface area contributed by atoms with E-state index in [0.717, 1.165) is 51.6 Å². The largest absolute Gasteiger partial charge is 0.323 e. The van der Waals surface area contributed by atoms with Gasteiger partial charge in [0.05, 0.1) is 5.69 Å². The molecule has 1 amide bonds. The third-order valence-corrected chi connectivity index (χ3v) is 7.89. The van der Waals surface area contributed by atoms with Crippen LogP contribution in [0.3, 0.4) is 0 Å². The first kappa shape index (κ1) is 25.6. The highest BCUT2D eigenvalue weighted by molar-refractivity contribution is 6.31. The molecule has 196 valence electrons. The van der Waals surface area contributed by atoms with Gasteiger partial charge in [-0.15, -0.1) is 0 Å². The van der Waals surface area contributed by atoms with Crippen molar-refractivity contribution in [2.45, 2.75) is 46.2 Å². The minimum Gasteiger partial charge on any atom is -0.323 e. The van der Waals surface area contributed by atoms with Crippen molar-refractivity contribution in [2.75, 3.05) is 4.90 Å². The molecule has 2 aliphatic heterocycles. The van der Waals surface area contributed by atoms with Crippen LogP contribution in [0.5, 0.6) is 0 Å². The Bertz CT molecular complexity index is 1680. The SMILES string of the molecule is CC1=NC=C(c2cccc(-c3nc4c(n3C(C)C)C(c3ccc(Cl)cc3)N(c3cc(Cl)ccc3C)C4=O)c2)C1. The second-order valence-electron chi connectivity index (χ2n) is 10.5. The molecule has 6 rings (SSSR count). The number of carbonyl (C=O) groups is 1. The highest BCUT2D eigenvalue weighted by Crippen LogP contribution is 2.46. The minimum atomic E-state index is -0.387. The molecule has 0 saturated heterocycles. The van der Waals surface area contributed by atoms with E-state index >= 15 is 0 Å². The van der Waals surface area contributed by atoms with Crippen LogP contribution in [-0.4, -0.2) is 21.2 Å². The van der Waals surface area contributed by atoms with Gasteiger partial charge in [0.2, 0.25) is 0 Å². The summed E-state index contributed by atoms with van der Waals surface area (Å²) in [5.41, 5.74) is 8.39. The number of rotatable bonds is 5. The van der Waals surface area contributed by atoms with E-state index in [9.17, 15) is 4.79 Å². The smallest absolute Gasteiger partial charge is 0.279 e. The molecule has 0 N–H and O–H groups in total. The zero-order chi connectivity index (χ0) is 27.4. The molecule has 1 atom stereocenters. The van der Waals surface area contributed by atoms with Gasteiger partial charge in [-0.25, -0.2) is 4.98 Å². The fourth-order valence-corrected chi connectivity index (χ4v) is 5.87. The van der Waals surface area contributed by atoms with Crippen molar-refractivity contribution in [3.8, 4) is 11.4 Å². The van der Waals surface area contributed by atoms with Gasteiger partial charge in [0.15, 0.2) is 5.69 Å². The predicted octanol–water partition coefficient (Wildman–Crippen LogP) is 8.70.